The summed E-state index contributed by atoms with van der Waals surface area (Å²) >= 11 is 0. The van der Waals surface area contributed by atoms with Crippen molar-refractivity contribution >= 4 is 28.2 Å². The number of carbonyl (C=O) groups is 3. The van der Waals surface area contributed by atoms with Crippen LogP contribution in [0.3, 0.4) is 0 Å². The van der Waals surface area contributed by atoms with Crippen molar-refractivity contribution in [2.24, 2.45) is 11.7 Å². The van der Waals surface area contributed by atoms with Gasteiger partial charge in [-0.05, 0) is 37.1 Å². The van der Waals surface area contributed by atoms with Gasteiger partial charge >= 0.3 is 0 Å². The maximum atomic E-state index is 14.2. The van der Waals surface area contributed by atoms with E-state index in [1.54, 1.807) is 37.1 Å². The number of nitrogens with zero attached hydrogens (tertiary/aromatic N) is 3. The van der Waals surface area contributed by atoms with Gasteiger partial charge in [0.25, 0.3) is 5.91 Å². The van der Waals surface area contributed by atoms with E-state index in [2.05, 4.69) is 10.1 Å². The molecule has 2 heterocycles. The summed E-state index contributed by atoms with van der Waals surface area (Å²) in [6, 6.07) is 5.04. The molecule has 13 nitrogen and oxygen atoms in total. The van der Waals surface area contributed by atoms with Crippen molar-refractivity contribution < 1.29 is 44.1 Å². The van der Waals surface area contributed by atoms with Crippen molar-refractivity contribution in [3.63, 3.8) is 0 Å². The van der Waals surface area contributed by atoms with Crippen LogP contribution in [0.5, 0.6) is 11.5 Å². The highest BCUT2D eigenvalue weighted by Gasteiger charge is 2.62. The summed E-state index contributed by atoms with van der Waals surface area (Å²) < 4.78 is 10.6. The lowest BCUT2D eigenvalue weighted by Crippen LogP contribution is -2.67. The molecule has 0 bridgehead atoms. The van der Waals surface area contributed by atoms with E-state index in [9.17, 15) is 34.8 Å². The molecule has 2 aliphatic carbocycles. The van der Waals surface area contributed by atoms with Crippen molar-refractivity contribution in [1.82, 2.24) is 15.0 Å². The summed E-state index contributed by atoms with van der Waals surface area (Å²) in [5, 5.41) is 49.6. The number of piperazine rings is 1. The molecule has 1 unspecified atom stereocenters. The van der Waals surface area contributed by atoms with E-state index < -0.39 is 52.1 Å². The van der Waals surface area contributed by atoms with E-state index in [1.165, 1.54) is 6.07 Å². The van der Waals surface area contributed by atoms with E-state index in [4.69, 9.17) is 15.0 Å². The van der Waals surface area contributed by atoms with Gasteiger partial charge < -0.3 is 35.4 Å². The summed E-state index contributed by atoms with van der Waals surface area (Å²) in [5.74, 6) is -6.08. The Bertz CT molecular complexity index is 1710. The van der Waals surface area contributed by atoms with Gasteiger partial charge in [0.1, 0.15) is 22.8 Å². The molecule has 2 aromatic carbocycles. The maximum absolute atomic E-state index is 14.2. The molecule has 13 heteroatoms. The normalized spacial score (nSPS) is 24.8. The fourth-order valence-corrected chi connectivity index (χ4v) is 6.80. The SMILES string of the molecule is COCCN1CCN([C@H]2C(=O)C(C(N)=O)=C(O)[C@@]3(O)C(=O)c4c(cc5c(-c6cc(C)no6)ccc(O)c5c4O)CC23)CC1. The highest BCUT2D eigenvalue weighted by Crippen LogP contribution is 2.51. The standard InChI is InChI=1S/C30H32N4O9/c1-14-11-20(43-32-14)16-3-4-19(35)22-17(16)12-15-13-18-24(34-7-5-33(6-8-34)9-10-42-2)26(37)23(29(31)40)28(39)30(18,41)27(38)21(15)25(22)36/h3-4,11-12,18,24,35-36,39,41H,5-10,13H2,1-2H3,(H2,31,40)/t18?,24-,30+/m1/s1. The summed E-state index contributed by atoms with van der Waals surface area (Å²) in [6.45, 7) is 4.85. The number of benzene rings is 2. The monoisotopic (exact) mass is 592 g/mol. The molecule has 1 aliphatic heterocycles. The van der Waals surface area contributed by atoms with E-state index in [1.807, 2.05) is 0 Å². The van der Waals surface area contributed by atoms with Crippen LogP contribution in [0.25, 0.3) is 22.1 Å². The smallest absolute Gasteiger partial charge is 0.255 e. The number of aromatic hydroxyl groups is 2. The van der Waals surface area contributed by atoms with E-state index in [-0.39, 0.29) is 23.1 Å². The number of fused-ring (bicyclic) bond motifs is 3. The van der Waals surface area contributed by atoms with Gasteiger partial charge in [-0.15, -0.1) is 0 Å². The van der Waals surface area contributed by atoms with Crippen molar-refractivity contribution in [2.75, 3.05) is 46.4 Å². The molecule has 0 spiro atoms. The zero-order valence-electron chi connectivity index (χ0n) is 23.7. The van der Waals surface area contributed by atoms with Crippen molar-refractivity contribution in [3.05, 3.63) is 52.4 Å². The molecule has 6 rings (SSSR count). The van der Waals surface area contributed by atoms with Crippen LogP contribution in [-0.2, 0) is 20.7 Å². The third-order valence-electron chi connectivity index (χ3n) is 8.93. The van der Waals surface area contributed by atoms with Crippen molar-refractivity contribution in [2.45, 2.75) is 25.0 Å². The Balaban J connectivity index is 1.51. The molecule has 1 aromatic heterocycles. The highest BCUT2D eigenvalue weighted by atomic mass is 16.5. The van der Waals surface area contributed by atoms with Gasteiger partial charge in [0.05, 0.1) is 29.3 Å². The number of aliphatic hydroxyl groups excluding tert-OH is 1. The van der Waals surface area contributed by atoms with Crippen LogP contribution in [0.2, 0.25) is 0 Å². The van der Waals surface area contributed by atoms with Gasteiger partial charge in [-0.3, -0.25) is 24.2 Å². The second kappa shape index (κ2) is 10.5. The topological polar surface area (TPSA) is 200 Å². The maximum Gasteiger partial charge on any atom is 0.255 e. The van der Waals surface area contributed by atoms with E-state index in [0.717, 1.165) is 0 Å². The first-order chi connectivity index (χ1) is 20.5. The molecule has 3 aliphatic rings. The van der Waals surface area contributed by atoms with Crippen LogP contribution in [-0.4, -0.2) is 111 Å². The molecule has 1 fully saturated rings. The van der Waals surface area contributed by atoms with E-state index in [0.29, 0.717) is 67.3 Å². The van der Waals surface area contributed by atoms with Gasteiger partial charge in [-0.2, -0.15) is 0 Å². The predicted octanol–water partition coefficient (Wildman–Crippen LogP) is 0.813. The molecule has 6 N–H and O–H groups in total. The van der Waals surface area contributed by atoms with Crippen LogP contribution in [0, 0.1) is 12.8 Å². The van der Waals surface area contributed by atoms with Crippen LogP contribution in [0.4, 0.5) is 0 Å². The van der Waals surface area contributed by atoms with Crippen molar-refractivity contribution in [3.8, 4) is 22.8 Å². The van der Waals surface area contributed by atoms with Crippen LogP contribution < -0.4 is 5.73 Å². The van der Waals surface area contributed by atoms with Crippen LogP contribution >= 0.6 is 0 Å². The molecule has 226 valence electrons. The fourth-order valence-electron chi connectivity index (χ4n) is 6.80. The molecule has 1 amide bonds. The Kier molecular flexibility index (Phi) is 7.00. The largest absolute Gasteiger partial charge is 0.508 e. The Labute approximate surface area is 245 Å². The lowest BCUT2D eigenvalue weighted by molar-refractivity contribution is -0.134. The summed E-state index contributed by atoms with van der Waals surface area (Å²) in [4.78, 5) is 44.3. The minimum absolute atomic E-state index is 0.0742. The molecule has 43 heavy (non-hydrogen) atoms. The zero-order chi connectivity index (χ0) is 30.8. The Hall–Kier alpha value is -4.30. The van der Waals surface area contributed by atoms with Gasteiger partial charge in [0.15, 0.2) is 17.1 Å². The molecular weight excluding hydrogens is 560 g/mol. The van der Waals surface area contributed by atoms with Crippen LogP contribution in [0.1, 0.15) is 21.6 Å². The number of carbonyl (C=O) groups excluding carboxylic acids is 3. The number of nitrogens with two attached hydrogens (primary N) is 1. The first-order valence-corrected chi connectivity index (χ1v) is 13.9. The highest BCUT2D eigenvalue weighted by molar-refractivity contribution is 6.25. The average molecular weight is 593 g/mol. The number of aliphatic hydroxyl groups is 2. The number of hydrogen-bond acceptors (Lipinski definition) is 12. The first kappa shape index (κ1) is 28.8. The quantitative estimate of drug-likeness (QED) is 0.253. The zero-order valence-corrected chi connectivity index (χ0v) is 23.7. The second-order valence-electron chi connectivity index (χ2n) is 11.3. The van der Waals surface area contributed by atoms with Gasteiger partial charge in [0.2, 0.25) is 5.78 Å². The number of aryl methyl sites for hydroxylation is 1. The third-order valence-corrected chi connectivity index (χ3v) is 8.93. The minimum atomic E-state index is -2.73. The number of rotatable bonds is 6. The number of primary amides is 1. The van der Waals surface area contributed by atoms with Crippen molar-refractivity contribution in [1.29, 1.82) is 0 Å². The number of ether oxygens (including phenoxy) is 1. The van der Waals surface area contributed by atoms with Gasteiger partial charge in [0, 0.05) is 62.8 Å². The number of aromatic nitrogens is 1. The Morgan fingerprint density at radius 3 is 2.51 bits per heavy atom. The number of methoxy groups -OCH3 is 1. The molecule has 0 saturated carbocycles. The third kappa shape index (κ3) is 4.30. The summed E-state index contributed by atoms with van der Waals surface area (Å²) in [6.07, 6.45) is -0.123. The van der Waals surface area contributed by atoms with E-state index >= 15 is 0 Å². The summed E-state index contributed by atoms with van der Waals surface area (Å²) in [5.41, 5.74) is 2.98. The number of ketones is 2. The number of hydrogen-bond donors (Lipinski definition) is 5. The molecule has 3 aromatic rings. The number of amides is 1. The number of phenolic OH excluding ortho intramolecular Hbond substituents is 2. The summed E-state index contributed by atoms with van der Waals surface area (Å²) in [7, 11) is 1.61. The molecular formula is C30H32N4O9. The first-order valence-electron chi connectivity index (χ1n) is 13.9. The average Bonchev–Trinajstić information content (AvgIpc) is 3.40. The van der Waals surface area contributed by atoms with Gasteiger partial charge in [-0.1, -0.05) is 5.16 Å². The fraction of sp³-hybridized carbons (Fsp3) is 0.400. The second-order valence-corrected chi connectivity index (χ2v) is 11.3. The Morgan fingerprint density at radius 1 is 1.16 bits per heavy atom. The number of Topliss-reactive ketones (excluding diaryl/α,β-unsaturated/α-hetero) is 2. The molecule has 3 atom stereocenters. The van der Waals surface area contributed by atoms with Gasteiger partial charge in [-0.25, -0.2) is 0 Å². The Morgan fingerprint density at radius 2 is 1.88 bits per heavy atom. The lowest BCUT2D eigenvalue weighted by atomic mass is 9.61. The molecule has 0 radical (unpaired) electrons. The molecule has 1 saturated heterocycles. The lowest BCUT2D eigenvalue weighted by Gasteiger charge is -2.50. The number of phenols is 2. The minimum Gasteiger partial charge on any atom is -0.508 e. The van der Waals surface area contributed by atoms with Crippen LogP contribution in [0.15, 0.2) is 40.1 Å². The predicted molar refractivity (Wildman–Crippen MR) is 152 cm³/mol.